The molecule has 8 heteroatoms. The lowest BCUT2D eigenvalue weighted by Gasteiger charge is -2.15. The van der Waals surface area contributed by atoms with Crippen molar-refractivity contribution in [1.82, 2.24) is 10.3 Å². The molecule has 0 radical (unpaired) electrons. The lowest BCUT2D eigenvalue weighted by atomic mass is 10.1. The second-order valence-electron chi connectivity index (χ2n) is 5.87. The number of nitrogens with one attached hydrogen (secondary N) is 2. The maximum atomic E-state index is 12.0. The first kappa shape index (κ1) is 21.1. The zero-order valence-corrected chi connectivity index (χ0v) is 16.0. The van der Waals surface area contributed by atoms with E-state index in [9.17, 15) is 9.59 Å². The minimum Gasteiger partial charge on any atom is -0.346 e. The van der Waals surface area contributed by atoms with Gasteiger partial charge in [-0.05, 0) is 25.0 Å². The highest BCUT2D eigenvalue weighted by Crippen LogP contribution is 2.24. The average Bonchev–Trinajstić information content (AvgIpc) is 2.98. The summed E-state index contributed by atoms with van der Waals surface area (Å²) < 4.78 is 0. The molecule has 1 atom stereocenters. The minimum atomic E-state index is -0.617. The second kappa shape index (κ2) is 9.50. The van der Waals surface area contributed by atoms with Gasteiger partial charge in [-0.3, -0.25) is 9.59 Å². The monoisotopic (exact) mass is 382 g/mol. The van der Waals surface area contributed by atoms with E-state index in [1.165, 1.54) is 0 Å². The number of hydrogen-bond donors (Lipinski definition) is 3. The van der Waals surface area contributed by atoms with Crippen LogP contribution in [0.15, 0.2) is 29.6 Å². The fraction of sp³-hybridized carbons (Fsp3) is 0.353. The zero-order chi connectivity index (χ0) is 17.7. The molecule has 0 bridgehead atoms. The highest BCUT2D eigenvalue weighted by molar-refractivity contribution is 7.09. The van der Waals surface area contributed by atoms with Gasteiger partial charge in [0, 0.05) is 16.6 Å². The molecule has 2 aromatic rings. The van der Waals surface area contributed by atoms with Gasteiger partial charge < -0.3 is 16.4 Å². The molecule has 0 saturated carbocycles. The molecule has 4 N–H and O–H groups in total. The summed E-state index contributed by atoms with van der Waals surface area (Å²) in [5, 5.41) is 8.28. The van der Waals surface area contributed by atoms with Gasteiger partial charge in [-0.15, -0.1) is 23.7 Å². The van der Waals surface area contributed by atoms with Crippen molar-refractivity contribution in [2.45, 2.75) is 26.8 Å². The number of amides is 2. The molecule has 1 heterocycles. The summed E-state index contributed by atoms with van der Waals surface area (Å²) in [5.41, 5.74) is 8.21. The zero-order valence-electron chi connectivity index (χ0n) is 14.4. The molecule has 25 heavy (non-hydrogen) atoms. The van der Waals surface area contributed by atoms with Crippen molar-refractivity contribution in [3.8, 4) is 11.3 Å². The standard InChI is InChI=1S/C17H22N4O2S.ClH/c1-10(2)16(18)17(23)19-8-15(22)21-13-6-4-5-12(7-13)14-9-24-11(3)20-14;/h4-7,9-10,16H,8,18H2,1-3H3,(H,19,23)(H,21,22);1H/t16-;/m0./s1. The van der Waals surface area contributed by atoms with E-state index in [1.54, 1.807) is 17.4 Å². The average molecular weight is 383 g/mol. The highest BCUT2D eigenvalue weighted by Gasteiger charge is 2.17. The van der Waals surface area contributed by atoms with E-state index in [1.807, 2.05) is 44.4 Å². The van der Waals surface area contributed by atoms with Gasteiger partial charge in [-0.2, -0.15) is 0 Å². The Hall–Kier alpha value is -1.96. The summed E-state index contributed by atoms with van der Waals surface area (Å²) in [4.78, 5) is 28.2. The van der Waals surface area contributed by atoms with E-state index < -0.39 is 6.04 Å². The fourth-order valence-electron chi connectivity index (χ4n) is 2.05. The Kier molecular flexibility index (Phi) is 8.02. The van der Waals surface area contributed by atoms with E-state index in [-0.39, 0.29) is 36.7 Å². The Morgan fingerprint density at radius 3 is 2.64 bits per heavy atom. The number of aryl methyl sites for hydroxylation is 1. The van der Waals surface area contributed by atoms with Crippen LogP contribution in [0.25, 0.3) is 11.3 Å². The maximum absolute atomic E-state index is 12.0. The number of carbonyl (C=O) groups excluding carboxylic acids is 2. The van der Waals surface area contributed by atoms with Crippen LogP contribution in [-0.2, 0) is 9.59 Å². The van der Waals surface area contributed by atoms with Crippen molar-refractivity contribution in [3.63, 3.8) is 0 Å². The number of halogens is 1. The Morgan fingerprint density at radius 2 is 2.04 bits per heavy atom. The quantitative estimate of drug-likeness (QED) is 0.715. The fourth-order valence-corrected chi connectivity index (χ4v) is 2.67. The van der Waals surface area contributed by atoms with E-state index in [4.69, 9.17) is 5.73 Å². The second-order valence-corrected chi connectivity index (χ2v) is 6.93. The van der Waals surface area contributed by atoms with Crippen molar-refractivity contribution in [1.29, 1.82) is 0 Å². The lowest BCUT2D eigenvalue weighted by molar-refractivity contribution is -0.125. The van der Waals surface area contributed by atoms with Crippen molar-refractivity contribution in [3.05, 3.63) is 34.7 Å². The van der Waals surface area contributed by atoms with Crippen LogP contribution in [0.3, 0.4) is 0 Å². The molecule has 0 saturated heterocycles. The predicted molar refractivity (Wildman–Crippen MR) is 104 cm³/mol. The molecule has 0 unspecified atom stereocenters. The smallest absolute Gasteiger partial charge is 0.243 e. The Morgan fingerprint density at radius 1 is 1.32 bits per heavy atom. The van der Waals surface area contributed by atoms with Gasteiger partial charge in [0.15, 0.2) is 0 Å². The van der Waals surface area contributed by atoms with Crippen molar-refractivity contribution < 1.29 is 9.59 Å². The Bertz CT molecular complexity index is 733. The number of carbonyl (C=O) groups is 2. The third-order valence-corrected chi connectivity index (χ3v) is 4.28. The van der Waals surface area contributed by atoms with E-state index in [0.29, 0.717) is 5.69 Å². The van der Waals surface area contributed by atoms with Gasteiger partial charge in [0.05, 0.1) is 23.3 Å². The summed E-state index contributed by atoms with van der Waals surface area (Å²) in [6, 6.07) is 6.82. The van der Waals surface area contributed by atoms with Gasteiger partial charge in [0.1, 0.15) is 0 Å². The molecule has 0 fully saturated rings. The minimum absolute atomic E-state index is 0. The first-order valence-corrected chi connectivity index (χ1v) is 8.60. The van der Waals surface area contributed by atoms with Gasteiger partial charge in [0.25, 0.3) is 0 Å². The summed E-state index contributed by atoms with van der Waals surface area (Å²) in [6.45, 7) is 5.55. The molecule has 0 spiro atoms. The van der Waals surface area contributed by atoms with Crippen molar-refractivity contribution in [2.24, 2.45) is 11.7 Å². The number of nitrogens with zero attached hydrogens (tertiary/aromatic N) is 1. The number of aromatic nitrogens is 1. The highest BCUT2D eigenvalue weighted by atomic mass is 35.5. The van der Waals surface area contributed by atoms with Crippen molar-refractivity contribution >= 4 is 41.2 Å². The van der Waals surface area contributed by atoms with Crippen LogP contribution in [0.5, 0.6) is 0 Å². The molecule has 6 nitrogen and oxygen atoms in total. The molecule has 1 aromatic heterocycles. The summed E-state index contributed by atoms with van der Waals surface area (Å²) in [6.07, 6.45) is 0. The number of nitrogens with two attached hydrogens (primary N) is 1. The summed E-state index contributed by atoms with van der Waals surface area (Å²) in [7, 11) is 0. The Balaban J connectivity index is 0.00000312. The molecule has 2 amide bonds. The molecular formula is C17H23ClN4O2S. The van der Waals surface area contributed by atoms with E-state index in [0.717, 1.165) is 16.3 Å². The van der Waals surface area contributed by atoms with Gasteiger partial charge >= 0.3 is 0 Å². The normalized spacial score (nSPS) is 11.6. The van der Waals surface area contributed by atoms with Gasteiger partial charge in [0.2, 0.25) is 11.8 Å². The molecule has 0 aliphatic rings. The van der Waals surface area contributed by atoms with Crippen LogP contribution < -0.4 is 16.4 Å². The summed E-state index contributed by atoms with van der Waals surface area (Å²) >= 11 is 1.58. The molecule has 0 aliphatic carbocycles. The lowest BCUT2D eigenvalue weighted by Crippen LogP contribution is -2.46. The maximum Gasteiger partial charge on any atom is 0.243 e. The van der Waals surface area contributed by atoms with Crippen LogP contribution in [0.4, 0.5) is 5.69 Å². The third kappa shape index (κ3) is 6.12. The van der Waals surface area contributed by atoms with Crippen LogP contribution in [0.1, 0.15) is 18.9 Å². The summed E-state index contributed by atoms with van der Waals surface area (Å²) in [5.74, 6) is -0.607. The Labute approximate surface area is 157 Å². The molecular weight excluding hydrogens is 360 g/mol. The SMILES string of the molecule is Cc1nc(-c2cccc(NC(=O)CNC(=O)[C@@H](N)C(C)C)c2)cs1.Cl. The number of benzene rings is 1. The van der Waals surface area contributed by atoms with Gasteiger partial charge in [-0.1, -0.05) is 26.0 Å². The molecule has 136 valence electrons. The topological polar surface area (TPSA) is 97.1 Å². The first-order valence-electron chi connectivity index (χ1n) is 7.72. The number of anilines is 1. The van der Waals surface area contributed by atoms with Crippen molar-refractivity contribution in [2.75, 3.05) is 11.9 Å². The first-order chi connectivity index (χ1) is 11.4. The molecule has 0 aliphatic heterocycles. The van der Waals surface area contributed by atoms with E-state index in [2.05, 4.69) is 15.6 Å². The molecule has 1 aromatic carbocycles. The number of rotatable bonds is 6. The number of hydrogen-bond acceptors (Lipinski definition) is 5. The van der Waals surface area contributed by atoms with Crippen LogP contribution in [-0.4, -0.2) is 29.4 Å². The van der Waals surface area contributed by atoms with Crippen LogP contribution >= 0.6 is 23.7 Å². The third-order valence-electron chi connectivity index (χ3n) is 3.51. The number of thiazole rings is 1. The predicted octanol–water partition coefficient (Wildman–Crippen LogP) is 2.58. The van der Waals surface area contributed by atoms with E-state index >= 15 is 0 Å². The largest absolute Gasteiger partial charge is 0.346 e. The van der Waals surface area contributed by atoms with Crippen LogP contribution in [0, 0.1) is 12.8 Å². The van der Waals surface area contributed by atoms with Crippen LogP contribution in [0.2, 0.25) is 0 Å². The molecule has 2 rings (SSSR count). The van der Waals surface area contributed by atoms with Gasteiger partial charge in [-0.25, -0.2) is 4.98 Å².